The molecule has 1 aromatic carbocycles. The zero-order valence-electron chi connectivity index (χ0n) is 7.81. The zero-order chi connectivity index (χ0) is 10.3. The Morgan fingerprint density at radius 2 is 2.33 bits per heavy atom. The fourth-order valence-electron chi connectivity index (χ4n) is 0.861. The lowest BCUT2D eigenvalue weighted by Gasteiger charge is -1.93. The minimum absolute atomic E-state index is 0.0424. The highest BCUT2D eigenvalue weighted by atomic mass is 16.7. The molecule has 0 fully saturated rings. The highest BCUT2D eigenvalue weighted by Crippen LogP contribution is 2.34. The largest absolute Gasteiger partial charge is 0.454 e. The molecule has 0 saturated carbocycles. The maximum atomic E-state index is 10.4. The Morgan fingerprint density at radius 1 is 1.58 bits per heavy atom. The lowest BCUT2D eigenvalue weighted by Crippen LogP contribution is -1.93. The molecule has 1 aromatic rings. The van der Waals surface area contributed by atoms with Crippen LogP contribution in [0.15, 0.2) is 18.2 Å². The van der Waals surface area contributed by atoms with Crippen LogP contribution in [0.25, 0.3) is 0 Å². The first-order valence-corrected chi connectivity index (χ1v) is 3.13. The van der Waals surface area contributed by atoms with E-state index in [2.05, 4.69) is 0 Å². The van der Waals surface area contributed by atoms with Crippen LogP contribution in [-0.4, -0.2) is 11.7 Å². The van der Waals surface area contributed by atoms with Crippen molar-refractivity contribution < 1.29 is 17.1 Å². The van der Waals surface area contributed by atoms with Gasteiger partial charge in [0.15, 0.2) is 11.5 Å². The van der Waals surface area contributed by atoms with Crippen LogP contribution in [0.3, 0.4) is 0 Å². The molecular formula is C7H5NO4. The van der Waals surface area contributed by atoms with E-state index in [4.69, 9.17) is 12.2 Å². The molecule has 0 spiro atoms. The first kappa shape index (κ1) is 4.97. The third-order valence-corrected chi connectivity index (χ3v) is 1.40. The molecule has 12 heavy (non-hydrogen) atoms. The second-order valence-electron chi connectivity index (χ2n) is 2.13. The van der Waals surface area contributed by atoms with Crippen LogP contribution in [-0.2, 0) is 0 Å². The van der Waals surface area contributed by atoms with E-state index < -0.39 is 11.7 Å². The molecule has 0 aromatic heterocycles. The number of benzene rings is 1. The average molecular weight is 169 g/mol. The standard InChI is InChI=1S/C7H5NO4/c9-8(10)5-1-2-6-7(3-5)12-4-11-6/h1-3H,4H2/i3D,4D. The molecule has 1 aliphatic heterocycles. The second-order valence-corrected chi connectivity index (χ2v) is 2.13. The van der Waals surface area contributed by atoms with E-state index in [9.17, 15) is 10.1 Å². The van der Waals surface area contributed by atoms with E-state index in [0.717, 1.165) is 6.07 Å². The van der Waals surface area contributed by atoms with Gasteiger partial charge in [-0.3, -0.25) is 10.1 Å². The summed E-state index contributed by atoms with van der Waals surface area (Å²) < 4.78 is 24.1. The van der Waals surface area contributed by atoms with Crippen molar-refractivity contribution in [2.75, 3.05) is 6.77 Å². The molecule has 2 rings (SSSR count). The van der Waals surface area contributed by atoms with Gasteiger partial charge in [0, 0.05) is 6.07 Å². The molecule has 5 heteroatoms. The maximum Gasteiger partial charge on any atom is 0.273 e. The van der Waals surface area contributed by atoms with Gasteiger partial charge in [-0.1, -0.05) is 0 Å². The Morgan fingerprint density at radius 3 is 3.08 bits per heavy atom. The van der Waals surface area contributed by atoms with E-state index in [1.165, 1.54) is 6.07 Å². The predicted molar refractivity (Wildman–Crippen MR) is 39.2 cm³/mol. The zero-order valence-corrected chi connectivity index (χ0v) is 5.81. The number of nitro groups is 1. The summed E-state index contributed by atoms with van der Waals surface area (Å²) >= 11 is 0. The van der Waals surface area contributed by atoms with Crippen LogP contribution in [0, 0.1) is 10.1 Å². The van der Waals surface area contributed by atoms with Gasteiger partial charge in [0.25, 0.3) is 5.69 Å². The van der Waals surface area contributed by atoms with Crippen molar-refractivity contribution in [2.45, 2.75) is 0 Å². The monoisotopic (exact) mass is 169 g/mol. The number of ether oxygens (including phenoxy) is 2. The van der Waals surface area contributed by atoms with E-state index in [-0.39, 0.29) is 23.2 Å². The first-order valence-electron chi connectivity index (χ1n) is 4.21. The Balaban J connectivity index is 2.53. The Hall–Kier alpha value is -1.78. The summed E-state index contributed by atoms with van der Waals surface area (Å²) in [6.45, 7) is -1.24. The number of hydrogen-bond donors (Lipinski definition) is 0. The normalized spacial score (nSPS) is 21.5. The van der Waals surface area contributed by atoms with Gasteiger partial charge in [-0.2, -0.15) is 0 Å². The summed E-state index contributed by atoms with van der Waals surface area (Å²) in [7, 11) is 0. The molecule has 0 saturated heterocycles. The molecule has 0 aliphatic carbocycles. The highest BCUT2D eigenvalue weighted by Gasteiger charge is 2.17. The summed E-state index contributed by atoms with van der Waals surface area (Å²) in [6.07, 6.45) is 0. The molecule has 0 amide bonds. The van der Waals surface area contributed by atoms with Gasteiger partial charge in [0.1, 0.15) is 1.37 Å². The van der Waals surface area contributed by atoms with Crippen molar-refractivity contribution in [3.8, 4) is 11.5 Å². The van der Waals surface area contributed by atoms with Gasteiger partial charge in [-0.25, -0.2) is 0 Å². The van der Waals surface area contributed by atoms with Crippen molar-refractivity contribution in [3.05, 3.63) is 28.3 Å². The van der Waals surface area contributed by atoms with Crippen LogP contribution in [0.5, 0.6) is 11.5 Å². The van der Waals surface area contributed by atoms with Crippen molar-refractivity contribution in [1.29, 1.82) is 0 Å². The Kier molecular flexibility index (Phi) is 0.981. The topological polar surface area (TPSA) is 61.6 Å². The third-order valence-electron chi connectivity index (χ3n) is 1.40. The van der Waals surface area contributed by atoms with Gasteiger partial charge in [0.2, 0.25) is 6.77 Å². The van der Waals surface area contributed by atoms with E-state index in [0.29, 0.717) is 0 Å². The number of nitrogens with zero attached hydrogens (tertiary/aromatic N) is 1. The Labute approximate surface area is 70.5 Å². The molecule has 0 radical (unpaired) electrons. The molecule has 0 N–H and O–H groups in total. The number of hydrogen-bond acceptors (Lipinski definition) is 4. The quantitative estimate of drug-likeness (QED) is 0.470. The fraction of sp³-hybridized carbons (Fsp3) is 0.143. The first-order chi connectivity index (χ1) is 6.59. The molecule has 1 aliphatic rings. The van der Waals surface area contributed by atoms with Gasteiger partial charge in [-0.05, 0) is 6.07 Å². The number of rotatable bonds is 1. The lowest BCUT2D eigenvalue weighted by atomic mass is 10.3. The molecule has 5 nitrogen and oxygen atoms in total. The molecule has 0 bridgehead atoms. The minimum atomic E-state index is -1.24. The van der Waals surface area contributed by atoms with Crippen LogP contribution >= 0.6 is 0 Å². The summed E-state index contributed by atoms with van der Waals surface area (Å²) in [4.78, 5) is 9.77. The van der Waals surface area contributed by atoms with Crippen LogP contribution in [0.2, 0.25) is 0 Å². The number of fused-ring (bicyclic) bond motifs is 1. The molecule has 1 atom stereocenters. The second kappa shape index (κ2) is 2.37. The van der Waals surface area contributed by atoms with Crippen LogP contribution < -0.4 is 9.47 Å². The average Bonchev–Trinajstić information content (AvgIpc) is 2.46. The predicted octanol–water partition coefficient (Wildman–Crippen LogP) is 1.32. The van der Waals surface area contributed by atoms with E-state index >= 15 is 0 Å². The molecule has 1 unspecified atom stereocenters. The van der Waals surface area contributed by atoms with Gasteiger partial charge in [0.05, 0.1) is 12.3 Å². The van der Waals surface area contributed by atoms with Crippen molar-refractivity contribution in [2.24, 2.45) is 0 Å². The van der Waals surface area contributed by atoms with E-state index in [1.54, 1.807) is 0 Å². The highest BCUT2D eigenvalue weighted by molar-refractivity contribution is 5.49. The lowest BCUT2D eigenvalue weighted by molar-refractivity contribution is -0.384. The number of nitro benzene ring substituents is 1. The summed E-state index contributed by atoms with van der Waals surface area (Å²) in [5.41, 5.74) is -0.360. The summed E-state index contributed by atoms with van der Waals surface area (Å²) in [6, 6.07) is 2.12. The van der Waals surface area contributed by atoms with Crippen molar-refractivity contribution >= 4 is 5.69 Å². The van der Waals surface area contributed by atoms with Gasteiger partial charge in [-0.15, -0.1) is 0 Å². The Bertz CT molecular complexity index is 409. The van der Waals surface area contributed by atoms with Crippen molar-refractivity contribution in [3.63, 3.8) is 0 Å². The smallest absolute Gasteiger partial charge is 0.273 e. The van der Waals surface area contributed by atoms with Gasteiger partial charge >= 0.3 is 0 Å². The maximum absolute atomic E-state index is 10.4. The van der Waals surface area contributed by atoms with Crippen LogP contribution in [0.4, 0.5) is 5.69 Å². The van der Waals surface area contributed by atoms with E-state index in [1.807, 2.05) is 0 Å². The molecule has 62 valence electrons. The fourth-order valence-corrected chi connectivity index (χ4v) is 0.861. The summed E-state index contributed by atoms with van der Waals surface area (Å²) in [5, 5.41) is 10.4. The molecule has 1 heterocycles. The minimum Gasteiger partial charge on any atom is -0.454 e. The van der Waals surface area contributed by atoms with Crippen molar-refractivity contribution in [1.82, 2.24) is 0 Å². The third kappa shape index (κ3) is 0.952. The SMILES string of the molecule is [2H]c1c([N+](=O)[O-])ccc2c1OC([2H])O2. The summed E-state index contributed by atoms with van der Waals surface area (Å²) in [5.74, 6) is 0.153. The van der Waals surface area contributed by atoms with Crippen LogP contribution in [0.1, 0.15) is 2.74 Å². The molecular weight excluding hydrogens is 162 g/mol. The van der Waals surface area contributed by atoms with Gasteiger partial charge < -0.3 is 9.47 Å².